The van der Waals surface area contributed by atoms with Crippen LogP contribution in [0, 0.1) is 11.8 Å². The molecule has 2 saturated heterocycles. The summed E-state index contributed by atoms with van der Waals surface area (Å²) < 4.78 is 14.7. The molecule has 0 bridgehead atoms. The molecule has 8 rings (SSSR count). The van der Waals surface area contributed by atoms with Gasteiger partial charge in [-0.2, -0.15) is 0 Å². The van der Waals surface area contributed by atoms with E-state index in [1.165, 1.54) is 5.19 Å². The zero-order valence-corrected chi connectivity index (χ0v) is 35.9. The van der Waals surface area contributed by atoms with Crippen LogP contribution in [0.3, 0.4) is 0 Å². The van der Waals surface area contributed by atoms with Crippen molar-refractivity contribution in [3.8, 4) is 5.75 Å². The number of carbonyl (C=O) groups excluding carboxylic acids is 2. The fourth-order valence-corrected chi connectivity index (χ4v) is 14.0. The summed E-state index contributed by atoms with van der Waals surface area (Å²) in [6.07, 6.45) is 4.06. The standard InChI is InChI=1S/C46H53ClN6O5Si/c1-30-43(59(3,4)37-19-17-36(57-2)18-20-37)42(22-24-52-28-40(50-51-52)38(29-54)32-9-6-5-7-10-32)58-46(30)39-25-34(47)14-21-41(39)53(45(46)56)27-31-12-15-35(16-13-31)49-44(55)33-11-8-23-48-26-33/h5-7,9-10,12-21,25,28,30,33,38,42-43,48,54H,8,11,22-24,26-27,29H2,1-4H3,(H,49,55)/t30-,33?,38?,42+,43-,46+/m0/s1. The second kappa shape index (κ2) is 17.0. The van der Waals surface area contributed by atoms with E-state index in [-0.39, 0.29) is 47.8 Å². The highest BCUT2D eigenvalue weighted by atomic mass is 35.5. The van der Waals surface area contributed by atoms with Gasteiger partial charge in [0.1, 0.15) is 5.75 Å². The summed E-state index contributed by atoms with van der Waals surface area (Å²) in [5, 5.41) is 27.5. The number of fused-ring (bicyclic) bond motifs is 2. The first-order chi connectivity index (χ1) is 28.5. The topological polar surface area (TPSA) is 131 Å². The quantitative estimate of drug-likeness (QED) is 0.110. The Kier molecular flexibility index (Phi) is 11.8. The molecule has 2 amide bonds. The number of aryl methyl sites for hydroxylation is 1. The molecule has 13 heteroatoms. The van der Waals surface area contributed by atoms with Gasteiger partial charge in [0.2, 0.25) is 5.91 Å². The average Bonchev–Trinajstić information content (AvgIpc) is 3.91. The van der Waals surface area contributed by atoms with E-state index in [4.69, 9.17) is 21.1 Å². The van der Waals surface area contributed by atoms with Gasteiger partial charge in [0.05, 0.1) is 57.7 Å². The van der Waals surface area contributed by atoms with Gasteiger partial charge in [-0.05, 0) is 84.9 Å². The molecule has 308 valence electrons. The van der Waals surface area contributed by atoms with Gasteiger partial charge in [0, 0.05) is 41.5 Å². The van der Waals surface area contributed by atoms with E-state index < -0.39 is 13.7 Å². The molecule has 2 unspecified atom stereocenters. The van der Waals surface area contributed by atoms with Crippen molar-refractivity contribution >= 4 is 48.1 Å². The molecule has 3 aliphatic heterocycles. The van der Waals surface area contributed by atoms with Gasteiger partial charge in [-0.3, -0.25) is 14.3 Å². The van der Waals surface area contributed by atoms with Gasteiger partial charge in [0.15, 0.2) is 5.60 Å². The molecule has 0 aliphatic carbocycles. The molecule has 1 spiro atoms. The Morgan fingerprint density at radius 2 is 1.85 bits per heavy atom. The zero-order chi connectivity index (χ0) is 41.3. The van der Waals surface area contributed by atoms with Crippen LogP contribution in [0.2, 0.25) is 23.7 Å². The van der Waals surface area contributed by atoms with Gasteiger partial charge < -0.3 is 30.1 Å². The summed E-state index contributed by atoms with van der Waals surface area (Å²) in [5.41, 5.74) is 3.66. The van der Waals surface area contributed by atoms with Crippen LogP contribution in [0.25, 0.3) is 0 Å². The summed E-state index contributed by atoms with van der Waals surface area (Å²) in [6, 6.07) is 31.6. The first kappa shape index (κ1) is 40.9. The highest BCUT2D eigenvalue weighted by molar-refractivity contribution is 6.91. The largest absolute Gasteiger partial charge is 0.497 e. The number of aliphatic hydroxyl groups excluding tert-OH is 1. The molecule has 3 N–H and O–H groups in total. The van der Waals surface area contributed by atoms with Crippen molar-refractivity contribution in [2.24, 2.45) is 11.8 Å². The minimum Gasteiger partial charge on any atom is -0.497 e. The first-order valence-corrected chi connectivity index (χ1v) is 24.1. The van der Waals surface area contributed by atoms with E-state index in [0.29, 0.717) is 36.8 Å². The lowest BCUT2D eigenvalue weighted by molar-refractivity contribution is -0.146. The number of aromatic nitrogens is 3. The Balaban J connectivity index is 1.09. The predicted octanol–water partition coefficient (Wildman–Crippen LogP) is 6.86. The van der Waals surface area contributed by atoms with E-state index in [1.54, 1.807) is 7.11 Å². The summed E-state index contributed by atoms with van der Waals surface area (Å²) >= 11 is 6.75. The minimum absolute atomic E-state index is 0.0198. The van der Waals surface area contributed by atoms with Gasteiger partial charge in [-0.15, -0.1) is 5.10 Å². The number of anilines is 2. The summed E-state index contributed by atoms with van der Waals surface area (Å²) in [6.45, 7) is 9.30. The van der Waals surface area contributed by atoms with Crippen molar-refractivity contribution in [1.82, 2.24) is 20.3 Å². The number of aliphatic hydroxyl groups is 1. The average molecular weight is 834 g/mol. The highest BCUT2D eigenvalue weighted by Gasteiger charge is 2.66. The number of methoxy groups -OCH3 is 1. The van der Waals surface area contributed by atoms with E-state index in [2.05, 4.69) is 53.1 Å². The number of hydrogen-bond acceptors (Lipinski definition) is 8. The summed E-state index contributed by atoms with van der Waals surface area (Å²) in [7, 11) is -0.725. The number of amides is 2. The Morgan fingerprint density at radius 3 is 2.54 bits per heavy atom. The number of hydrogen-bond donors (Lipinski definition) is 3. The monoisotopic (exact) mass is 832 g/mol. The smallest absolute Gasteiger partial charge is 0.264 e. The van der Waals surface area contributed by atoms with Crippen molar-refractivity contribution in [2.45, 2.75) is 75.5 Å². The lowest BCUT2D eigenvalue weighted by atomic mass is 9.82. The first-order valence-electron chi connectivity index (χ1n) is 20.6. The van der Waals surface area contributed by atoms with Gasteiger partial charge in [-0.25, -0.2) is 0 Å². The van der Waals surface area contributed by atoms with Crippen molar-refractivity contribution < 1.29 is 24.2 Å². The fraction of sp³-hybridized carbons (Fsp3) is 0.391. The molecule has 59 heavy (non-hydrogen) atoms. The minimum atomic E-state index is -2.40. The molecule has 11 nitrogen and oxygen atoms in total. The summed E-state index contributed by atoms with van der Waals surface area (Å²) in [4.78, 5) is 30.1. The van der Waals surface area contributed by atoms with E-state index >= 15 is 4.79 Å². The van der Waals surface area contributed by atoms with Crippen molar-refractivity contribution in [3.63, 3.8) is 0 Å². The number of nitrogens with one attached hydrogen (secondary N) is 2. The van der Waals surface area contributed by atoms with Crippen LogP contribution in [-0.2, 0) is 33.0 Å². The van der Waals surface area contributed by atoms with Crippen LogP contribution in [-0.4, -0.2) is 72.9 Å². The SMILES string of the molecule is COc1ccc([Si](C)(C)[C@@H]2[C@@H](CCn3cc(C(CO)c4ccccc4)nn3)O[C@]3(C(=O)N(Cc4ccc(NC(=O)C5CCCNC5)cc4)c4ccc(Cl)cc43)[C@H]2C)cc1. The zero-order valence-electron chi connectivity index (χ0n) is 34.1. The van der Waals surface area contributed by atoms with Crippen LogP contribution < -0.4 is 25.5 Å². The van der Waals surface area contributed by atoms with Crippen LogP contribution in [0.15, 0.2) is 103 Å². The molecule has 0 saturated carbocycles. The third-order valence-corrected chi connectivity index (χ3v) is 17.6. The molecule has 3 aliphatic rings. The number of ether oxygens (including phenoxy) is 2. The van der Waals surface area contributed by atoms with Crippen LogP contribution >= 0.6 is 11.6 Å². The predicted molar refractivity (Wildman–Crippen MR) is 233 cm³/mol. The summed E-state index contributed by atoms with van der Waals surface area (Å²) in [5.74, 6) is 0.173. The number of benzene rings is 4. The van der Waals surface area contributed by atoms with E-state index in [1.807, 2.05) is 101 Å². The maximum atomic E-state index is 15.3. The normalized spacial score (nSPS) is 23.4. The van der Waals surface area contributed by atoms with Gasteiger partial charge in [0.25, 0.3) is 5.91 Å². The molecule has 5 aromatic rings. The Labute approximate surface area is 352 Å². The molecular formula is C46H53ClN6O5Si. The van der Waals surface area contributed by atoms with Crippen LogP contribution in [0.5, 0.6) is 5.75 Å². The number of carbonyl (C=O) groups is 2. The number of halogens is 1. The molecule has 2 fully saturated rings. The maximum Gasteiger partial charge on any atom is 0.264 e. The highest BCUT2D eigenvalue weighted by Crippen LogP contribution is 2.60. The third-order valence-electron chi connectivity index (χ3n) is 13.0. The van der Waals surface area contributed by atoms with E-state index in [9.17, 15) is 9.90 Å². The maximum absolute atomic E-state index is 15.3. The van der Waals surface area contributed by atoms with Crippen LogP contribution in [0.1, 0.15) is 54.5 Å². The number of piperidine rings is 1. The second-order valence-electron chi connectivity index (χ2n) is 16.8. The van der Waals surface area contributed by atoms with Crippen molar-refractivity contribution in [2.75, 3.05) is 37.0 Å². The Bertz CT molecular complexity index is 2270. The molecule has 1 aromatic heterocycles. The molecule has 0 radical (unpaired) electrons. The van der Waals surface area contributed by atoms with Crippen molar-refractivity contribution in [3.05, 3.63) is 131 Å². The Hall–Kier alpha value is -4.85. The molecule has 4 aromatic carbocycles. The fourth-order valence-electron chi connectivity index (χ4n) is 9.81. The van der Waals surface area contributed by atoms with E-state index in [0.717, 1.165) is 53.2 Å². The third kappa shape index (κ3) is 7.84. The van der Waals surface area contributed by atoms with Gasteiger partial charge in [-0.1, -0.05) is 96.6 Å². The number of nitrogens with zero attached hydrogens (tertiary/aromatic N) is 4. The molecular weight excluding hydrogens is 780 g/mol. The van der Waals surface area contributed by atoms with Gasteiger partial charge >= 0.3 is 0 Å². The lowest BCUT2D eigenvalue weighted by Gasteiger charge is -2.37. The molecule has 6 atom stereocenters. The van der Waals surface area contributed by atoms with Crippen molar-refractivity contribution in [1.29, 1.82) is 0 Å². The molecule has 4 heterocycles. The Morgan fingerprint density at radius 1 is 1.08 bits per heavy atom. The lowest BCUT2D eigenvalue weighted by Crippen LogP contribution is -2.51. The number of rotatable bonds is 13. The second-order valence-corrected chi connectivity index (χ2v) is 21.9. The van der Waals surface area contributed by atoms with Crippen LogP contribution in [0.4, 0.5) is 11.4 Å².